The molecule has 2 rings (SSSR count). The first-order valence-corrected chi connectivity index (χ1v) is 5.30. The monoisotopic (exact) mass is 205 g/mol. The number of thiazole rings is 1. The van der Waals surface area contributed by atoms with Crippen molar-refractivity contribution in [1.82, 2.24) is 4.98 Å². The largest absolute Gasteiger partial charge is 0.382 e. The smallest absolute Gasteiger partial charge is 0.122 e. The SMILES string of the molecule is Cc1nc(C(O)c2ccccc2)cs1. The molecule has 1 aromatic heterocycles. The van der Waals surface area contributed by atoms with Crippen LogP contribution in [0.5, 0.6) is 0 Å². The van der Waals surface area contributed by atoms with Crippen molar-refractivity contribution in [2.24, 2.45) is 0 Å². The molecule has 1 heterocycles. The molecule has 0 aliphatic rings. The van der Waals surface area contributed by atoms with Gasteiger partial charge in [-0.1, -0.05) is 30.3 Å². The molecular weight excluding hydrogens is 194 g/mol. The van der Waals surface area contributed by atoms with Gasteiger partial charge in [0.25, 0.3) is 0 Å². The minimum absolute atomic E-state index is 0.596. The van der Waals surface area contributed by atoms with Crippen molar-refractivity contribution in [3.8, 4) is 0 Å². The zero-order valence-corrected chi connectivity index (χ0v) is 8.66. The third-order valence-corrected chi connectivity index (χ3v) is 2.82. The maximum Gasteiger partial charge on any atom is 0.122 e. The maximum atomic E-state index is 9.95. The first-order valence-electron chi connectivity index (χ1n) is 4.42. The van der Waals surface area contributed by atoms with E-state index >= 15 is 0 Å². The van der Waals surface area contributed by atoms with E-state index in [1.165, 1.54) is 0 Å². The fraction of sp³-hybridized carbons (Fsp3) is 0.182. The van der Waals surface area contributed by atoms with Crippen LogP contribution in [0.2, 0.25) is 0 Å². The van der Waals surface area contributed by atoms with Gasteiger partial charge in [-0.25, -0.2) is 4.98 Å². The number of benzene rings is 1. The number of aryl methyl sites for hydroxylation is 1. The van der Waals surface area contributed by atoms with Gasteiger partial charge in [-0.15, -0.1) is 11.3 Å². The molecule has 72 valence electrons. The molecule has 2 nitrogen and oxygen atoms in total. The zero-order chi connectivity index (χ0) is 9.97. The molecule has 14 heavy (non-hydrogen) atoms. The molecule has 0 aliphatic heterocycles. The molecule has 0 fully saturated rings. The summed E-state index contributed by atoms with van der Waals surface area (Å²) in [5.41, 5.74) is 1.62. The summed E-state index contributed by atoms with van der Waals surface area (Å²) < 4.78 is 0. The molecule has 0 saturated carbocycles. The lowest BCUT2D eigenvalue weighted by Crippen LogP contribution is -1.99. The minimum Gasteiger partial charge on any atom is -0.382 e. The van der Waals surface area contributed by atoms with Crippen molar-refractivity contribution < 1.29 is 5.11 Å². The first kappa shape index (κ1) is 9.37. The number of hydrogen-bond donors (Lipinski definition) is 1. The molecule has 1 atom stereocenters. The van der Waals surface area contributed by atoms with Crippen molar-refractivity contribution in [3.63, 3.8) is 0 Å². The molecule has 0 aliphatic carbocycles. The molecule has 0 bridgehead atoms. The van der Waals surface area contributed by atoms with E-state index in [0.29, 0.717) is 0 Å². The fourth-order valence-electron chi connectivity index (χ4n) is 1.31. The van der Waals surface area contributed by atoms with Crippen molar-refractivity contribution in [1.29, 1.82) is 0 Å². The van der Waals surface area contributed by atoms with Gasteiger partial charge in [-0.05, 0) is 12.5 Å². The van der Waals surface area contributed by atoms with Gasteiger partial charge in [0.15, 0.2) is 0 Å². The van der Waals surface area contributed by atoms with Crippen LogP contribution in [-0.2, 0) is 0 Å². The van der Waals surface area contributed by atoms with Crippen molar-refractivity contribution in [2.45, 2.75) is 13.0 Å². The van der Waals surface area contributed by atoms with Crippen LogP contribution in [0.4, 0.5) is 0 Å². The van der Waals surface area contributed by atoms with Crippen LogP contribution in [-0.4, -0.2) is 10.1 Å². The van der Waals surface area contributed by atoms with E-state index in [0.717, 1.165) is 16.3 Å². The van der Waals surface area contributed by atoms with Gasteiger partial charge in [-0.3, -0.25) is 0 Å². The van der Waals surface area contributed by atoms with Crippen molar-refractivity contribution >= 4 is 11.3 Å². The highest BCUT2D eigenvalue weighted by Crippen LogP contribution is 2.22. The molecule has 1 unspecified atom stereocenters. The summed E-state index contributed by atoms with van der Waals surface area (Å²) in [6, 6.07) is 9.57. The van der Waals surface area contributed by atoms with Crippen LogP contribution in [0.3, 0.4) is 0 Å². The average molecular weight is 205 g/mol. The molecule has 0 saturated heterocycles. The van der Waals surface area contributed by atoms with Crippen molar-refractivity contribution in [3.05, 3.63) is 52.0 Å². The Hall–Kier alpha value is -1.19. The highest BCUT2D eigenvalue weighted by Gasteiger charge is 2.12. The highest BCUT2D eigenvalue weighted by atomic mass is 32.1. The van der Waals surface area contributed by atoms with E-state index in [4.69, 9.17) is 0 Å². The van der Waals surface area contributed by atoms with E-state index < -0.39 is 6.10 Å². The van der Waals surface area contributed by atoms with Crippen LogP contribution >= 0.6 is 11.3 Å². The first-order chi connectivity index (χ1) is 6.77. The van der Waals surface area contributed by atoms with Gasteiger partial charge < -0.3 is 5.11 Å². The molecule has 1 N–H and O–H groups in total. The molecule has 0 radical (unpaired) electrons. The van der Waals surface area contributed by atoms with E-state index in [9.17, 15) is 5.11 Å². The van der Waals surface area contributed by atoms with Gasteiger partial charge >= 0.3 is 0 Å². The predicted octanol–water partition coefficient (Wildman–Crippen LogP) is 2.53. The van der Waals surface area contributed by atoms with Crippen LogP contribution in [0.25, 0.3) is 0 Å². The second-order valence-electron chi connectivity index (χ2n) is 3.10. The second-order valence-corrected chi connectivity index (χ2v) is 4.17. The second kappa shape index (κ2) is 3.90. The van der Waals surface area contributed by atoms with Gasteiger partial charge in [-0.2, -0.15) is 0 Å². The third kappa shape index (κ3) is 1.84. The maximum absolute atomic E-state index is 9.95. The van der Waals surface area contributed by atoms with Crippen LogP contribution in [0, 0.1) is 6.92 Å². The Balaban J connectivity index is 2.29. The lowest BCUT2D eigenvalue weighted by Gasteiger charge is -2.06. The Kier molecular flexibility index (Phi) is 2.61. The Morgan fingerprint density at radius 3 is 2.57 bits per heavy atom. The number of aliphatic hydroxyl groups excluding tert-OH is 1. The van der Waals surface area contributed by atoms with E-state index in [1.54, 1.807) is 11.3 Å². The molecule has 0 spiro atoms. The predicted molar refractivity (Wildman–Crippen MR) is 57.4 cm³/mol. The lowest BCUT2D eigenvalue weighted by molar-refractivity contribution is 0.216. The summed E-state index contributed by atoms with van der Waals surface area (Å²) in [7, 11) is 0. The quantitative estimate of drug-likeness (QED) is 0.817. The van der Waals surface area contributed by atoms with Gasteiger partial charge in [0, 0.05) is 5.38 Å². The van der Waals surface area contributed by atoms with Crippen LogP contribution in [0.1, 0.15) is 22.4 Å². The van der Waals surface area contributed by atoms with Crippen molar-refractivity contribution in [2.75, 3.05) is 0 Å². The standard InChI is InChI=1S/C11H11NOS/c1-8-12-10(7-14-8)11(13)9-5-3-2-4-6-9/h2-7,11,13H,1H3. The summed E-state index contributed by atoms with van der Waals surface area (Å²) in [5, 5.41) is 12.8. The number of aromatic nitrogens is 1. The molecule has 1 aromatic carbocycles. The number of rotatable bonds is 2. The number of nitrogens with zero attached hydrogens (tertiary/aromatic N) is 1. The normalized spacial score (nSPS) is 12.7. The highest BCUT2D eigenvalue weighted by molar-refractivity contribution is 7.09. The summed E-state index contributed by atoms with van der Waals surface area (Å²) in [6.45, 7) is 1.94. The Morgan fingerprint density at radius 1 is 1.29 bits per heavy atom. The van der Waals surface area contributed by atoms with E-state index in [1.807, 2.05) is 42.6 Å². The topological polar surface area (TPSA) is 33.1 Å². The molecule has 0 amide bonds. The van der Waals surface area contributed by atoms with Crippen LogP contribution in [0.15, 0.2) is 35.7 Å². The summed E-state index contributed by atoms with van der Waals surface area (Å²) in [5.74, 6) is 0. The Labute approximate surface area is 86.9 Å². The summed E-state index contributed by atoms with van der Waals surface area (Å²) in [6.07, 6.45) is -0.596. The van der Waals surface area contributed by atoms with Gasteiger partial charge in [0.05, 0.1) is 10.7 Å². The molecule has 2 aromatic rings. The van der Waals surface area contributed by atoms with Crippen LogP contribution < -0.4 is 0 Å². The lowest BCUT2D eigenvalue weighted by atomic mass is 10.1. The fourth-order valence-corrected chi connectivity index (χ4v) is 1.94. The van der Waals surface area contributed by atoms with Gasteiger partial charge in [0.2, 0.25) is 0 Å². The Bertz CT molecular complexity index is 410. The Morgan fingerprint density at radius 2 is 2.00 bits per heavy atom. The minimum atomic E-state index is -0.596. The average Bonchev–Trinajstić information content (AvgIpc) is 2.65. The molecular formula is C11H11NOS. The van der Waals surface area contributed by atoms with Gasteiger partial charge in [0.1, 0.15) is 6.10 Å². The summed E-state index contributed by atoms with van der Waals surface area (Å²) in [4.78, 5) is 4.26. The van der Waals surface area contributed by atoms with E-state index in [-0.39, 0.29) is 0 Å². The number of aliphatic hydroxyl groups is 1. The summed E-state index contributed by atoms with van der Waals surface area (Å²) >= 11 is 1.56. The molecule has 3 heteroatoms. The third-order valence-electron chi connectivity index (χ3n) is 2.03. The number of hydrogen-bond acceptors (Lipinski definition) is 3. The van der Waals surface area contributed by atoms with E-state index in [2.05, 4.69) is 4.98 Å². The zero-order valence-electron chi connectivity index (χ0n) is 7.84.